The lowest BCUT2D eigenvalue weighted by Crippen LogP contribution is -2.22. The van der Waals surface area contributed by atoms with E-state index in [-0.39, 0.29) is 17.8 Å². The molecule has 0 radical (unpaired) electrons. The number of pyridine rings is 1. The van der Waals surface area contributed by atoms with Gasteiger partial charge in [0.1, 0.15) is 5.75 Å². The molecule has 3 rings (SSSR count). The van der Waals surface area contributed by atoms with Crippen molar-refractivity contribution in [1.29, 1.82) is 0 Å². The summed E-state index contributed by atoms with van der Waals surface area (Å²) in [6.07, 6.45) is 3.58. The van der Waals surface area contributed by atoms with Gasteiger partial charge in [0.15, 0.2) is 0 Å². The van der Waals surface area contributed by atoms with Crippen molar-refractivity contribution in [1.82, 2.24) is 4.98 Å². The van der Waals surface area contributed by atoms with E-state index in [4.69, 9.17) is 22.1 Å². The van der Waals surface area contributed by atoms with Crippen molar-refractivity contribution in [3.05, 3.63) is 47.5 Å². The molecule has 1 heterocycles. The number of nitrogens with zero attached hydrogens (tertiary/aromatic N) is 1. The second-order valence-electron chi connectivity index (χ2n) is 5.51. The van der Waals surface area contributed by atoms with Crippen LogP contribution in [0.3, 0.4) is 0 Å². The Labute approximate surface area is 140 Å². The van der Waals surface area contributed by atoms with E-state index in [2.05, 4.69) is 4.98 Å². The monoisotopic (exact) mass is 342 g/mol. The highest BCUT2D eigenvalue weighted by atomic mass is 35.5. The highest BCUT2D eigenvalue weighted by Crippen LogP contribution is 2.44. The second-order valence-corrected chi connectivity index (χ2v) is 5.95. The molecule has 0 spiro atoms. The molecule has 2 N–H and O–H groups in total. The lowest BCUT2D eigenvalue weighted by Gasteiger charge is -2.14. The Bertz CT molecular complexity index is 645. The minimum atomic E-state index is -0.523. The zero-order chi connectivity index (χ0) is 14.9. The van der Waals surface area contributed by atoms with Gasteiger partial charge >= 0.3 is 0 Å². The molecule has 1 fully saturated rings. The summed E-state index contributed by atoms with van der Waals surface area (Å²) in [5, 5.41) is 0.609. The third kappa shape index (κ3) is 3.69. The van der Waals surface area contributed by atoms with Crippen molar-refractivity contribution in [2.75, 3.05) is 13.2 Å². The van der Waals surface area contributed by atoms with E-state index in [0.717, 1.165) is 18.4 Å². The molecule has 1 aliphatic carbocycles. The average molecular weight is 343 g/mol. The summed E-state index contributed by atoms with van der Waals surface area (Å²) in [5.74, 6) is 0.0331. The summed E-state index contributed by atoms with van der Waals surface area (Å²) >= 11 is 5.85. The Morgan fingerprint density at radius 2 is 1.95 bits per heavy atom. The Morgan fingerprint density at radius 1 is 1.27 bits per heavy atom. The van der Waals surface area contributed by atoms with Crippen LogP contribution in [0.15, 0.2) is 36.5 Å². The van der Waals surface area contributed by atoms with Crippen LogP contribution in [0.1, 0.15) is 12.8 Å². The number of ether oxygens (including phenoxy) is 1. The van der Waals surface area contributed by atoms with Crippen LogP contribution in [0.5, 0.6) is 5.75 Å². The van der Waals surface area contributed by atoms with E-state index in [1.165, 1.54) is 6.20 Å². The molecule has 0 amide bonds. The summed E-state index contributed by atoms with van der Waals surface area (Å²) in [4.78, 5) is 3.77. The topological polar surface area (TPSA) is 48.1 Å². The van der Waals surface area contributed by atoms with Crippen LogP contribution in [0.25, 0.3) is 11.1 Å². The first-order valence-electron chi connectivity index (χ1n) is 6.86. The van der Waals surface area contributed by atoms with Gasteiger partial charge in [-0.05, 0) is 36.6 Å². The molecule has 0 unspecified atom stereocenters. The van der Waals surface area contributed by atoms with Crippen LogP contribution in [-0.4, -0.2) is 18.1 Å². The molecular weight excluding hydrogens is 326 g/mol. The van der Waals surface area contributed by atoms with E-state index >= 15 is 0 Å². The minimum Gasteiger partial charge on any atom is -0.491 e. The summed E-state index contributed by atoms with van der Waals surface area (Å²) in [6.45, 7) is 1.17. The van der Waals surface area contributed by atoms with Crippen LogP contribution in [0.4, 0.5) is 4.39 Å². The molecule has 0 aliphatic heterocycles. The maximum Gasteiger partial charge on any atom is 0.220 e. The van der Waals surface area contributed by atoms with Gasteiger partial charge in [-0.25, -0.2) is 4.98 Å². The number of nitrogens with two attached hydrogens (primary N) is 1. The Balaban J connectivity index is 0.00000176. The van der Waals surface area contributed by atoms with Crippen molar-refractivity contribution in [2.45, 2.75) is 12.8 Å². The zero-order valence-electron chi connectivity index (χ0n) is 11.9. The Hall–Kier alpha value is -1.36. The first-order valence-corrected chi connectivity index (χ1v) is 7.24. The molecule has 1 aromatic carbocycles. The molecule has 22 heavy (non-hydrogen) atoms. The minimum absolute atomic E-state index is 0. The molecule has 1 saturated carbocycles. The summed E-state index contributed by atoms with van der Waals surface area (Å²) < 4.78 is 19.6. The molecule has 1 aliphatic rings. The van der Waals surface area contributed by atoms with Crippen molar-refractivity contribution in [3.8, 4) is 16.9 Å². The molecular formula is C16H17Cl2FN2O. The van der Waals surface area contributed by atoms with Crippen molar-refractivity contribution >= 4 is 24.0 Å². The number of hydrogen-bond donors (Lipinski definition) is 1. The molecule has 0 bridgehead atoms. The quantitative estimate of drug-likeness (QED) is 0.832. The molecule has 3 nitrogen and oxygen atoms in total. The van der Waals surface area contributed by atoms with E-state index in [0.29, 0.717) is 29.5 Å². The normalized spacial score (nSPS) is 15.0. The van der Waals surface area contributed by atoms with E-state index in [9.17, 15) is 4.39 Å². The molecule has 118 valence electrons. The van der Waals surface area contributed by atoms with Gasteiger partial charge in [-0.3, -0.25) is 0 Å². The highest BCUT2D eigenvalue weighted by molar-refractivity contribution is 6.30. The smallest absolute Gasteiger partial charge is 0.220 e. The molecule has 1 aromatic heterocycles. The number of hydrogen-bond acceptors (Lipinski definition) is 3. The van der Waals surface area contributed by atoms with Crippen LogP contribution < -0.4 is 10.5 Å². The lowest BCUT2D eigenvalue weighted by atomic mass is 10.1. The molecule has 0 atom stereocenters. The largest absolute Gasteiger partial charge is 0.491 e. The lowest BCUT2D eigenvalue weighted by molar-refractivity contribution is 0.237. The predicted molar refractivity (Wildman–Crippen MR) is 88.1 cm³/mol. The average Bonchev–Trinajstić information content (AvgIpc) is 3.28. The fourth-order valence-corrected chi connectivity index (χ4v) is 2.29. The van der Waals surface area contributed by atoms with Crippen LogP contribution in [-0.2, 0) is 0 Å². The van der Waals surface area contributed by atoms with E-state index < -0.39 is 5.95 Å². The first-order chi connectivity index (χ1) is 10.1. The fourth-order valence-electron chi connectivity index (χ4n) is 2.16. The van der Waals surface area contributed by atoms with Crippen LogP contribution in [0, 0.1) is 11.4 Å². The SMILES string of the molecule is Cl.NCC1(COc2cnc(F)c(-c3ccc(Cl)cc3)c2)CC1. The molecule has 2 aromatic rings. The third-order valence-electron chi connectivity index (χ3n) is 3.90. The predicted octanol–water partition coefficient (Wildman–Crippen LogP) is 4.08. The Morgan fingerprint density at radius 3 is 2.55 bits per heavy atom. The number of halogens is 3. The van der Waals surface area contributed by atoms with Crippen molar-refractivity contribution in [3.63, 3.8) is 0 Å². The van der Waals surface area contributed by atoms with Gasteiger partial charge in [0.2, 0.25) is 5.95 Å². The third-order valence-corrected chi connectivity index (χ3v) is 4.16. The first kappa shape index (κ1) is 17.0. The van der Waals surface area contributed by atoms with Crippen LogP contribution >= 0.6 is 24.0 Å². The van der Waals surface area contributed by atoms with Crippen molar-refractivity contribution < 1.29 is 9.13 Å². The summed E-state index contributed by atoms with van der Waals surface area (Å²) in [6, 6.07) is 8.62. The van der Waals surface area contributed by atoms with E-state index in [1.54, 1.807) is 30.3 Å². The number of rotatable bonds is 5. The van der Waals surface area contributed by atoms with Gasteiger partial charge in [-0.2, -0.15) is 4.39 Å². The van der Waals surface area contributed by atoms with Gasteiger partial charge in [-0.15, -0.1) is 12.4 Å². The zero-order valence-corrected chi connectivity index (χ0v) is 13.5. The van der Waals surface area contributed by atoms with Gasteiger partial charge in [0.25, 0.3) is 0 Å². The molecule has 0 saturated heterocycles. The van der Waals surface area contributed by atoms with E-state index in [1.807, 2.05) is 0 Å². The maximum atomic E-state index is 13.9. The van der Waals surface area contributed by atoms with Gasteiger partial charge in [-0.1, -0.05) is 23.7 Å². The van der Waals surface area contributed by atoms with Gasteiger partial charge in [0.05, 0.1) is 12.8 Å². The standard InChI is InChI=1S/C16H16ClFN2O.ClH/c17-12-3-1-11(2-4-12)14-7-13(8-20-15(14)18)21-10-16(9-19)5-6-16;/h1-4,7-8H,5-6,9-10,19H2;1H. The summed E-state index contributed by atoms with van der Waals surface area (Å²) in [5.41, 5.74) is 6.95. The summed E-state index contributed by atoms with van der Waals surface area (Å²) in [7, 11) is 0. The maximum absolute atomic E-state index is 13.9. The fraction of sp³-hybridized carbons (Fsp3) is 0.312. The number of benzene rings is 1. The van der Waals surface area contributed by atoms with Gasteiger partial charge < -0.3 is 10.5 Å². The number of aromatic nitrogens is 1. The second kappa shape index (κ2) is 6.82. The van der Waals surface area contributed by atoms with Crippen molar-refractivity contribution in [2.24, 2.45) is 11.1 Å². The van der Waals surface area contributed by atoms with Gasteiger partial charge in [0, 0.05) is 22.5 Å². The Kier molecular flexibility index (Phi) is 5.27. The molecule has 6 heteroatoms. The van der Waals surface area contributed by atoms with Crippen LogP contribution in [0.2, 0.25) is 5.02 Å². The highest BCUT2D eigenvalue weighted by Gasteiger charge is 2.42.